The average molecular weight is 467 g/mol. The highest BCUT2D eigenvalue weighted by Crippen LogP contribution is 2.17. The summed E-state index contributed by atoms with van der Waals surface area (Å²) in [7, 11) is 1.72. The first-order chi connectivity index (χ1) is 11.0. The molecule has 0 bridgehead atoms. The van der Waals surface area contributed by atoms with E-state index in [2.05, 4.69) is 52.1 Å². The Balaban J connectivity index is 0.00000529. The minimum Gasteiger partial charge on any atom is -0.356 e. The van der Waals surface area contributed by atoms with Crippen molar-refractivity contribution in [3.8, 4) is 0 Å². The molecule has 6 nitrogen and oxygen atoms in total. The second-order valence-electron chi connectivity index (χ2n) is 5.80. The van der Waals surface area contributed by atoms with Gasteiger partial charge in [-0.2, -0.15) is 0 Å². The number of thiazole rings is 1. The molecule has 138 valence electrons. The summed E-state index contributed by atoms with van der Waals surface area (Å²) in [4.78, 5) is 20.4. The Morgan fingerprint density at radius 3 is 2.58 bits per heavy atom. The van der Waals surface area contributed by atoms with Gasteiger partial charge in [-0.3, -0.25) is 9.79 Å². The normalized spacial score (nSPS) is 12.5. The molecule has 0 aromatic carbocycles. The van der Waals surface area contributed by atoms with E-state index < -0.39 is 0 Å². The van der Waals surface area contributed by atoms with Gasteiger partial charge in [-0.05, 0) is 19.3 Å². The van der Waals surface area contributed by atoms with Gasteiger partial charge in [0, 0.05) is 31.4 Å². The second kappa shape index (κ2) is 12.5. The number of carbonyl (C=O) groups is 1. The Labute approximate surface area is 166 Å². The standard InChI is InChI=1S/C16H29N5OS.HI/c1-6-12(4)20-14(22)7-8-18-16(17-5)19-9-15-21-13(10-23-15)11(2)3;/h10-12H,6-9H2,1-5H3,(H,20,22)(H2,17,18,19);1H. The van der Waals surface area contributed by atoms with Crippen LogP contribution in [0.15, 0.2) is 10.4 Å². The van der Waals surface area contributed by atoms with E-state index in [9.17, 15) is 4.79 Å². The fourth-order valence-electron chi connectivity index (χ4n) is 1.79. The van der Waals surface area contributed by atoms with Gasteiger partial charge in [-0.15, -0.1) is 35.3 Å². The van der Waals surface area contributed by atoms with Crippen LogP contribution in [0.4, 0.5) is 0 Å². The van der Waals surface area contributed by atoms with Crippen LogP contribution in [0, 0.1) is 0 Å². The van der Waals surface area contributed by atoms with Crippen LogP contribution < -0.4 is 16.0 Å². The number of carbonyl (C=O) groups excluding carboxylic acids is 1. The van der Waals surface area contributed by atoms with Crippen LogP contribution >= 0.6 is 35.3 Å². The lowest BCUT2D eigenvalue weighted by Gasteiger charge is -2.13. The number of amides is 1. The lowest BCUT2D eigenvalue weighted by molar-refractivity contribution is -0.121. The molecular formula is C16H30IN5OS. The van der Waals surface area contributed by atoms with Gasteiger partial charge in [0.1, 0.15) is 5.01 Å². The molecule has 3 N–H and O–H groups in total. The van der Waals surface area contributed by atoms with Crippen LogP contribution in [-0.2, 0) is 11.3 Å². The fraction of sp³-hybridized carbons (Fsp3) is 0.688. The topological polar surface area (TPSA) is 78.4 Å². The Hall–Kier alpha value is -0.900. The third-order valence-electron chi connectivity index (χ3n) is 3.46. The van der Waals surface area contributed by atoms with Gasteiger partial charge in [0.2, 0.25) is 5.91 Å². The SMILES string of the molecule is CCC(C)NC(=O)CCNC(=NC)NCc1nc(C(C)C)cs1.I. The van der Waals surface area contributed by atoms with Crippen LogP contribution in [0.25, 0.3) is 0 Å². The van der Waals surface area contributed by atoms with Crippen molar-refractivity contribution < 1.29 is 4.79 Å². The molecule has 1 aromatic rings. The van der Waals surface area contributed by atoms with Crippen LogP contribution in [0.2, 0.25) is 0 Å². The highest BCUT2D eigenvalue weighted by molar-refractivity contribution is 14.0. The predicted octanol–water partition coefficient (Wildman–Crippen LogP) is 2.85. The van der Waals surface area contributed by atoms with Crippen molar-refractivity contribution in [1.82, 2.24) is 20.9 Å². The van der Waals surface area contributed by atoms with E-state index in [4.69, 9.17) is 0 Å². The Morgan fingerprint density at radius 1 is 1.33 bits per heavy atom. The van der Waals surface area contributed by atoms with Crippen molar-refractivity contribution in [2.75, 3.05) is 13.6 Å². The highest BCUT2D eigenvalue weighted by Gasteiger charge is 2.08. The molecule has 0 radical (unpaired) electrons. The summed E-state index contributed by atoms with van der Waals surface area (Å²) in [5.41, 5.74) is 1.12. The van der Waals surface area contributed by atoms with E-state index >= 15 is 0 Å². The van der Waals surface area contributed by atoms with Crippen molar-refractivity contribution in [2.24, 2.45) is 4.99 Å². The van der Waals surface area contributed by atoms with Crippen LogP contribution in [0.5, 0.6) is 0 Å². The average Bonchev–Trinajstić information content (AvgIpc) is 2.99. The van der Waals surface area contributed by atoms with Gasteiger partial charge >= 0.3 is 0 Å². The van der Waals surface area contributed by atoms with E-state index in [0.29, 0.717) is 31.4 Å². The lowest BCUT2D eigenvalue weighted by Crippen LogP contribution is -2.40. The zero-order valence-corrected chi connectivity index (χ0v) is 18.3. The number of guanidine groups is 1. The number of halogens is 1. The lowest BCUT2D eigenvalue weighted by atomic mass is 10.2. The molecule has 0 saturated heterocycles. The van der Waals surface area contributed by atoms with Gasteiger partial charge in [-0.1, -0.05) is 20.8 Å². The highest BCUT2D eigenvalue weighted by atomic mass is 127. The summed E-state index contributed by atoms with van der Waals surface area (Å²) in [5, 5.41) is 12.4. The quantitative estimate of drug-likeness (QED) is 0.312. The van der Waals surface area contributed by atoms with Crippen molar-refractivity contribution >= 4 is 47.2 Å². The monoisotopic (exact) mass is 467 g/mol. The summed E-state index contributed by atoms with van der Waals surface area (Å²) in [6.45, 7) is 9.52. The molecule has 8 heteroatoms. The first-order valence-corrected chi connectivity index (χ1v) is 9.02. The zero-order chi connectivity index (χ0) is 17.2. The largest absolute Gasteiger partial charge is 0.356 e. The molecule has 24 heavy (non-hydrogen) atoms. The Bertz CT molecular complexity index is 518. The van der Waals surface area contributed by atoms with Crippen molar-refractivity contribution in [3.63, 3.8) is 0 Å². The first-order valence-electron chi connectivity index (χ1n) is 8.14. The molecule has 1 aromatic heterocycles. The molecule has 1 unspecified atom stereocenters. The van der Waals surface area contributed by atoms with Crippen molar-refractivity contribution in [1.29, 1.82) is 0 Å². The summed E-state index contributed by atoms with van der Waals surface area (Å²) in [6, 6.07) is 0.222. The fourth-order valence-corrected chi connectivity index (χ4v) is 2.69. The second-order valence-corrected chi connectivity index (χ2v) is 6.74. The van der Waals surface area contributed by atoms with Crippen LogP contribution in [0.3, 0.4) is 0 Å². The molecule has 1 rings (SSSR count). The number of nitrogens with one attached hydrogen (secondary N) is 3. The van der Waals surface area contributed by atoms with Gasteiger partial charge in [-0.25, -0.2) is 4.98 Å². The molecule has 1 heterocycles. The van der Waals surface area contributed by atoms with E-state index in [1.807, 2.05) is 6.92 Å². The molecule has 0 fully saturated rings. The van der Waals surface area contributed by atoms with E-state index in [-0.39, 0.29) is 35.9 Å². The number of nitrogens with zero attached hydrogens (tertiary/aromatic N) is 2. The smallest absolute Gasteiger partial charge is 0.221 e. The molecule has 0 aliphatic carbocycles. The molecular weight excluding hydrogens is 437 g/mol. The van der Waals surface area contributed by atoms with Crippen LogP contribution in [0.1, 0.15) is 57.2 Å². The van der Waals surface area contributed by atoms with Gasteiger partial charge in [0.15, 0.2) is 5.96 Å². The van der Waals surface area contributed by atoms with Crippen molar-refractivity contribution in [2.45, 2.75) is 59.0 Å². The molecule has 0 saturated carbocycles. The van der Waals surface area contributed by atoms with Gasteiger partial charge < -0.3 is 16.0 Å². The molecule has 0 aliphatic rings. The Morgan fingerprint density at radius 2 is 2.04 bits per heavy atom. The van der Waals surface area contributed by atoms with Crippen molar-refractivity contribution in [3.05, 3.63) is 16.1 Å². The summed E-state index contributed by atoms with van der Waals surface area (Å²) >= 11 is 1.65. The predicted molar refractivity (Wildman–Crippen MR) is 112 cm³/mol. The van der Waals surface area contributed by atoms with E-state index in [1.54, 1.807) is 18.4 Å². The zero-order valence-electron chi connectivity index (χ0n) is 15.2. The minimum atomic E-state index is 0. The minimum absolute atomic E-state index is 0. The number of rotatable bonds is 8. The van der Waals surface area contributed by atoms with Crippen LogP contribution in [-0.4, -0.2) is 36.5 Å². The maximum atomic E-state index is 11.7. The first kappa shape index (κ1) is 23.1. The molecule has 0 aliphatic heterocycles. The Kier molecular flexibility index (Phi) is 12.0. The van der Waals surface area contributed by atoms with E-state index in [1.165, 1.54) is 0 Å². The van der Waals surface area contributed by atoms with Gasteiger partial charge in [0.25, 0.3) is 0 Å². The number of aromatic nitrogens is 1. The summed E-state index contributed by atoms with van der Waals surface area (Å²) in [5.74, 6) is 1.19. The summed E-state index contributed by atoms with van der Waals surface area (Å²) in [6.07, 6.45) is 1.37. The number of hydrogen-bond acceptors (Lipinski definition) is 4. The number of hydrogen-bond donors (Lipinski definition) is 3. The third-order valence-corrected chi connectivity index (χ3v) is 4.32. The maximum Gasteiger partial charge on any atom is 0.221 e. The molecule has 0 spiro atoms. The number of aliphatic imine (C=N–C) groups is 1. The molecule has 1 atom stereocenters. The third kappa shape index (κ3) is 8.81. The molecule has 1 amide bonds. The van der Waals surface area contributed by atoms with Gasteiger partial charge in [0.05, 0.1) is 12.2 Å². The maximum absolute atomic E-state index is 11.7. The van der Waals surface area contributed by atoms with E-state index in [0.717, 1.165) is 17.1 Å². The summed E-state index contributed by atoms with van der Waals surface area (Å²) < 4.78 is 0.